The minimum absolute atomic E-state index is 0.316. The van der Waals surface area contributed by atoms with Gasteiger partial charge in [0.25, 0.3) is 5.56 Å². The van der Waals surface area contributed by atoms with E-state index in [1.165, 1.54) is 23.5 Å². The average Bonchev–Trinajstić information content (AvgIpc) is 2.66. The van der Waals surface area contributed by atoms with Gasteiger partial charge in [0.1, 0.15) is 5.82 Å². The van der Waals surface area contributed by atoms with Gasteiger partial charge in [-0.1, -0.05) is 18.2 Å². The molecule has 0 bridgehead atoms. The molecule has 1 saturated heterocycles. The molecule has 2 heterocycles. The summed E-state index contributed by atoms with van der Waals surface area (Å²) in [6.45, 7) is 3.12. The smallest absolute Gasteiger partial charge is 0.332 e. The zero-order valence-electron chi connectivity index (χ0n) is 14.2. The summed E-state index contributed by atoms with van der Waals surface area (Å²) in [7, 11) is 3.19. The fourth-order valence-corrected chi connectivity index (χ4v) is 3.50. The van der Waals surface area contributed by atoms with Crippen molar-refractivity contribution in [2.45, 2.75) is 0 Å². The molecule has 1 aromatic heterocycles. The maximum Gasteiger partial charge on any atom is 0.332 e. The fourth-order valence-electron chi connectivity index (χ4n) is 3.22. The van der Waals surface area contributed by atoms with Crippen molar-refractivity contribution >= 4 is 40.6 Å². The van der Waals surface area contributed by atoms with Crippen LogP contribution in [-0.2, 0) is 14.1 Å². The van der Waals surface area contributed by atoms with Crippen LogP contribution >= 0.6 is 22.9 Å². The lowest BCUT2D eigenvalue weighted by Gasteiger charge is -2.38. The summed E-state index contributed by atoms with van der Waals surface area (Å²) in [5.74, 6) is 0.640. The molecule has 25 heavy (non-hydrogen) atoms. The first-order chi connectivity index (χ1) is 12.0. The van der Waals surface area contributed by atoms with Gasteiger partial charge in [0.15, 0.2) is 0 Å². The van der Waals surface area contributed by atoms with Gasteiger partial charge in [0.2, 0.25) is 0 Å². The van der Waals surface area contributed by atoms with Crippen LogP contribution in [0.25, 0.3) is 0 Å². The van der Waals surface area contributed by atoms with Crippen molar-refractivity contribution in [3.8, 4) is 0 Å². The van der Waals surface area contributed by atoms with E-state index in [2.05, 4.69) is 25.1 Å². The van der Waals surface area contributed by atoms with Crippen LogP contribution in [0.5, 0.6) is 0 Å². The Hall–Kier alpha value is -2.10. The molecule has 2 aromatic rings. The second-order valence-corrected chi connectivity index (χ2v) is 6.54. The van der Waals surface area contributed by atoms with Crippen LogP contribution in [0, 0.1) is 0 Å². The molecule has 0 radical (unpaired) electrons. The second kappa shape index (κ2) is 7.42. The standard InChI is InChI=1S/C17H20IN5O2/c1-20-15(14(12-19-18)16(24)21(2)17(20)25)23-10-8-22(9-11-23)13-6-4-3-5-7-13/h3-7,12H,8-11H2,1-2H3. The Balaban J connectivity index is 1.94. The van der Waals surface area contributed by atoms with Crippen molar-refractivity contribution in [1.29, 1.82) is 0 Å². The van der Waals surface area contributed by atoms with Gasteiger partial charge in [0, 0.05) is 52.2 Å². The van der Waals surface area contributed by atoms with Crippen LogP contribution in [0.4, 0.5) is 11.5 Å². The van der Waals surface area contributed by atoms with Crippen LogP contribution in [0.3, 0.4) is 0 Å². The molecule has 0 N–H and O–H groups in total. The molecule has 1 aliphatic heterocycles. The summed E-state index contributed by atoms with van der Waals surface area (Å²) in [5, 5.41) is 0. The van der Waals surface area contributed by atoms with E-state index < -0.39 is 0 Å². The molecule has 1 aliphatic rings. The van der Waals surface area contributed by atoms with E-state index in [4.69, 9.17) is 0 Å². The molecule has 0 aliphatic carbocycles. The lowest BCUT2D eigenvalue weighted by Crippen LogP contribution is -2.50. The third-order valence-corrected chi connectivity index (χ3v) is 4.82. The molecule has 1 aromatic carbocycles. The first kappa shape index (κ1) is 17.7. The minimum atomic E-state index is -0.323. The van der Waals surface area contributed by atoms with E-state index >= 15 is 0 Å². The van der Waals surface area contributed by atoms with E-state index in [1.807, 2.05) is 41.1 Å². The Labute approximate surface area is 159 Å². The predicted molar refractivity (Wildman–Crippen MR) is 109 cm³/mol. The maximum absolute atomic E-state index is 12.5. The van der Waals surface area contributed by atoms with Crippen LogP contribution in [0.1, 0.15) is 5.56 Å². The Morgan fingerprint density at radius 3 is 2.16 bits per heavy atom. The van der Waals surface area contributed by atoms with Gasteiger partial charge >= 0.3 is 5.69 Å². The molecule has 132 valence electrons. The van der Waals surface area contributed by atoms with Crippen LogP contribution in [0.2, 0.25) is 0 Å². The van der Waals surface area contributed by atoms with Crippen molar-refractivity contribution in [1.82, 2.24) is 9.13 Å². The van der Waals surface area contributed by atoms with Gasteiger partial charge in [-0.25, -0.2) is 8.00 Å². The molecule has 0 atom stereocenters. The van der Waals surface area contributed by atoms with Gasteiger partial charge < -0.3 is 9.80 Å². The number of hydrogen-bond acceptors (Lipinski definition) is 5. The van der Waals surface area contributed by atoms with E-state index in [0.717, 1.165) is 30.7 Å². The second-order valence-electron chi connectivity index (χ2n) is 5.98. The Morgan fingerprint density at radius 1 is 0.960 bits per heavy atom. The summed E-state index contributed by atoms with van der Waals surface area (Å²) < 4.78 is 6.63. The van der Waals surface area contributed by atoms with Crippen LogP contribution in [-0.4, -0.2) is 41.5 Å². The molecule has 0 spiro atoms. The molecule has 8 heteroatoms. The average molecular weight is 453 g/mol. The number of aromatic nitrogens is 2. The number of para-hydroxylation sites is 1. The Kier molecular flexibility index (Phi) is 5.26. The van der Waals surface area contributed by atoms with Gasteiger partial charge in [-0.3, -0.25) is 13.9 Å². The summed E-state index contributed by atoms with van der Waals surface area (Å²) >= 11 is 1.85. The summed E-state index contributed by atoms with van der Waals surface area (Å²) in [6, 6.07) is 10.3. The van der Waals surface area contributed by atoms with Crippen molar-refractivity contribution in [2.75, 3.05) is 36.0 Å². The highest BCUT2D eigenvalue weighted by Gasteiger charge is 2.24. The van der Waals surface area contributed by atoms with Crippen molar-refractivity contribution in [3.63, 3.8) is 0 Å². The zero-order valence-corrected chi connectivity index (χ0v) is 16.4. The minimum Gasteiger partial charge on any atom is -0.368 e. The molecule has 1 fully saturated rings. The summed E-state index contributed by atoms with van der Waals surface area (Å²) in [5.41, 5.74) is 1.00. The number of rotatable bonds is 3. The lowest BCUT2D eigenvalue weighted by molar-refractivity contribution is 0.609. The number of hydrogen-bond donors (Lipinski definition) is 0. The van der Waals surface area contributed by atoms with Crippen molar-refractivity contribution in [3.05, 3.63) is 56.7 Å². The van der Waals surface area contributed by atoms with E-state index in [9.17, 15) is 9.59 Å². The normalized spacial score (nSPS) is 15.2. The van der Waals surface area contributed by atoms with E-state index in [0.29, 0.717) is 11.4 Å². The van der Waals surface area contributed by atoms with Crippen molar-refractivity contribution < 1.29 is 0 Å². The first-order valence-electron chi connectivity index (χ1n) is 8.04. The van der Waals surface area contributed by atoms with Crippen molar-refractivity contribution in [2.24, 2.45) is 17.3 Å². The molecular formula is C17H20IN5O2. The number of anilines is 2. The monoisotopic (exact) mass is 453 g/mol. The van der Waals surface area contributed by atoms with Crippen LogP contribution < -0.4 is 21.0 Å². The third kappa shape index (κ3) is 3.35. The highest BCUT2D eigenvalue weighted by Crippen LogP contribution is 2.20. The highest BCUT2D eigenvalue weighted by molar-refractivity contribution is 14.1. The largest absolute Gasteiger partial charge is 0.368 e. The molecule has 0 saturated carbocycles. The first-order valence-corrected chi connectivity index (χ1v) is 9.00. The van der Waals surface area contributed by atoms with Gasteiger partial charge in [-0.15, -0.1) is 0 Å². The predicted octanol–water partition coefficient (Wildman–Crippen LogP) is 1.18. The Bertz CT molecular complexity index is 896. The number of piperazine rings is 1. The Morgan fingerprint density at radius 2 is 1.56 bits per heavy atom. The number of benzene rings is 1. The highest BCUT2D eigenvalue weighted by atomic mass is 127. The molecule has 3 rings (SSSR count). The van der Waals surface area contributed by atoms with E-state index in [-0.39, 0.29) is 11.2 Å². The number of halogens is 1. The number of nitrogens with zero attached hydrogens (tertiary/aromatic N) is 5. The SMILES string of the molecule is Cn1c(N2CCN(c3ccccc3)CC2)c(C=NI)c(=O)n(C)c1=O. The summed E-state index contributed by atoms with van der Waals surface area (Å²) in [6.07, 6.45) is 1.53. The van der Waals surface area contributed by atoms with Gasteiger partial charge in [-0.05, 0) is 12.1 Å². The topological polar surface area (TPSA) is 62.8 Å². The quantitative estimate of drug-likeness (QED) is 0.518. The van der Waals surface area contributed by atoms with Crippen LogP contribution in [0.15, 0.2) is 43.1 Å². The van der Waals surface area contributed by atoms with E-state index in [1.54, 1.807) is 7.05 Å². The molecule has 0 unspecified atom stereocenters. The molecule has 7 nitrogen and oxygen atoms in total. The third-order valence-electron chi connectivity index (χ3n) is 4.55. The van der Waals surface area contributed by atoms with Gasteiger partial charge in [-0.2, -0.15) is 0 Å². The van der Waals surface area contributed by atoms with Gasteiger partial charge in [0.05, 0.1) is 28.4 Å². The maximum atomic E-state index is 12.5. The molecule has 0 amide bonds. The molecular weight excluding hydrogens is 433 g/mol. The fraction of sp³-hybridized carbons (Fsp3) is 0.353. The lowest BCUT2D eigenvalue weighted by atomic mass is 10.2. The zero-order chi connectivity index (χ0) is 18.0. The summed E-state index contributed by atoms with van der Waals surface area (Å²) in [4.78, 5) is 29.2.